The van der Waals surface area contributed by atoms with Gasteiger partial charge in [-0.15, -0.1) is 0 Å². The van der Waals surface area contributed by atoms with E-state index in [-0.39, 0.29) is 0 Å². The number of rotatable bonds is 12. The normalized spacial score (nSPS) is 13.2. The van der Waals surface area contributed by atoms with Crippen LogP contribution in [-0.2, 0) is 9.53 Å². The fraction of sp³-hybridized carbons (Fsp3) is 0.938. The van der Waals surface area contributed by atoms with Gasteiger partial charge in [-0.3, -0.25) is 0 Å². The fourth-order valence-electron chi connectivity index (χ4n) is 2.25. The first-order chi connectivity index (χ1) is 9.91. The summed E-state index contributed by atoms with van der Waals surface area (Å²) < 4.78 is 40.7. The average molecular weight is 310 g/mol. The van der Waals surface area contributed by atoms with Gasteiger partial charge in [0.1, 0.15) is 6.10 Å². The molecule has 0 aromatic heterocycles. The molecule has 0 heterocycles. The number of carbonyl (C=O) groups is 1. The van der Waals surface area contributed by atoms with Crippen LogP contribution in [0.4, 0.5) is 13.2 Å². The van der Waals surface area contributed by atoms with Crippen LogP contribution in [-0.4, -0.2) is 18.2 Å². The number of hydrogen-bond acceptors (Lipinski definition) is 2. The van der Waals surface area contributed by atoms with E-state index in [1.54, 1.807) is 6.92 Å². The number of hydrogen-bond donors (Lipinski definition) is 0. The van der Waals surface area contributed by atoms with Crippen molar-refractivity contribution in [1.29, 1.82) is 0 Å². The molecule has 0 saturated heterocycles. The van der Waals surface area contributed by atoms with Gasteiger partial charge in [0.2, 0.25) is 0 Å². The van der Waals surface area contributed by atoms with E-state index in [1.165, 1.54) is 38.5 Å². The third kappa shape index (κ3) is 11.6. The van der Waals surface area contributed by atoms with E-state index in [0.29, 0.717) is 12.8 Å². The van der Waals surface area contributed by atoms with Crippen molar-refractivity contribution in [2.24, 2.45) is 0 Å². The molecule has 0 aromatic rings. The van der Waals surface area contributed by atoms with Crippen LogP contribution in [0.15, 0.2) is 0 Å². The zero-order chi connectivity index (χ0) is 16.1. The van der Waals surface area contributed by atoms with Crippen molar-refractivity contribution >= 4 is 5.97 Å². The van der Waals surface area contributed by atoms with E-state index in [2.05, 4.69) is 11.7 Å². The highest BCUT2D eigenvalue weighted by Gasteiger charge is 2.41. The lowest BCUT2D eigenvalue weighted by molar-refractivity contribution is -0.205. The van der Waals surface area contributed by atoms with Gasteiger partial charge in [0, 0.05) is 0 Å². The predicted octanol–water partition coefficient (Wildman–Crippen LogP) is 5.79. The van der Waals surface area contributed by atoms with Crippen LogP contribution in [0.25, 0.3) is 0 Å². The van der Waals surface area contributed by atoms with E-state index in [1.807, 2.05) is 0 Å². The average Bonchev–Trinajstić information content (AvgIpc) is 2.43. The molecule has 0 radical (unpaired) electrons. The van der Waals surface area contributed by atoms with Crippen molar-refractivity contribution in [1.82, 2.24) is 0 Å². The Morgan fingerprint density at radius 2 is 1.38 bits per heavy atom. The Morgan fingerprint density at radius 1 is 0.905 bits per heavy atom. The van der Waals surface area contributed by atoms with Gasteiger partial charge in [-0.2, -0.15) is 13.2 Å². The summed E-state index contributed by atoms with van der Waals surface area (Å²) in [6.45, 7) is 3.93. The molecule has 0 spiro atoms. The van der Waals surface area contributed by atoms with Gasteiger partial charge in [0.25, 0.3) is 0 Å². The van der Waals surface area contributed by atoms with Crippen molar-refractivity contribution in [2.45, 2.75) is 96.8 Å². The SMILES string of the molecule is CCCCCCCCCCCC(CC)OC(=O)C(F)(F)F. The number of unbranched alkanes of at least 4 members (excludes halogenated alkanes) is 8. The molecule has 0 fully saturated rings. The number of alkyl halides is 3. The molecule has 1 atom stereocenters. The van der Waals surface area contributed by atoms with Crippen LogP contribution in [0.3, 0.4) is 0 Å². The molecular formula is C16H29F3O2. The number of carbonyl (C=O) groups excluding carboxylic acids is 1. The van der Waals surface area contributed by atoms with Crippen molar-refractivity contribution in [2.75, 3.05) is 0 Å². The molecule has 0 rings (SSSR count). The third-order valence-corrected chi connectivity index (χ3v) is 3.59. The van der Waals surface area contributed by atoms with Gasteiger partial charge in [-0.25, -0.2) is 4.79 Å². The molecule has 5 heteroatoms. The van der Waals surface area contributed by atoms with Crippen LogP contribution >= 0.6 is 0 Å². The minimum Gasteiger partial charge on any atom is -0.456 e. The van der Waals surface area contributed by atoms with Gasteiger partial charge in [-0.1, -0.05) is 65.2 Å². The lowest BCUT2D eigenvalue weighted by Crippen LogP contribution is -2.29. The summed E-state index contributed by atoms with van der Waals surface area (Å²) in [5.74, 6) is -2.06. The lowest BCUT2D eigenvalue weighted by atomic mass is 10.0. The van der Waals surface area contributed by atoms with E-state index >= 15 is 0 Å². The van der Waals surface area contributed by atoms with Crippen molar-refractivity contribution in [3.8, 4) is 0 Å². The molecule has 2 nitrogen and oxygen atoms in total. The Morgan fingerprint density at radius 3 is 1.81 bits per heavy atom. The lowest BCUT2D eigenvalue weighted by Gasteiger charge is -2.17. The summed E-state index contributed by atoms with van der Waals surface area (Å²) in [6, 6.07) is 0. The van der Waals surface area contributed by atoms with E-state index < -0.39 is 18.2 Å². The first kappa shape index (κ1) is 20.3. The summed E-state index contributed by atoms with van der Waals surface area (Å²) in [5, 5.41) is 0. The Balaban J connectivity index is 3.58. The smallest absolute Gasteiger partial charge is 0.456 e. The van der Waals surface area contributed by atoms with Crippen LogP contribution in [0.2, 0.25) is 0 Å². The first-order valence-electron chi connectivity index (χ1n) is 8.19. The minimum absolute atomic E-state index is 0.429. The quantitative estimate of drug-likeness (QED) is 0.337. The van der Waals surface area contributed by atoms with E-state index in [0.717, 1.165) is 19.3 Å². The molecule has 0 bridgehead atoms. The second-order valence-corrected chi connectivity index (χ2v) is 5.55. The van der Waals surface area contributed by atoms with Crippen LogP contribution < -0.4 is 0 Å². The molecule has 0 aromatic carbocycles. The topological polar surface area (TPSA) is 26.3 Å². The minimum atomic E-state index is -4.88. The van der Waals surface area contributed by atoms with Crippen LogP contribution in [0.5, 0.6) is 0 Å². The Kier molecular flexibility index (Phi) is 11.5. The molecule has 126 valence electrons. The fourth-order valence-corrected chi connectivity index (χ4v) is 2.25. The molecule has 0 N–H and O–H groups in total. The summed E-state index contributed by atoms with van der Waals surface area (Å²) in [6.07, 6.45) is 5.90. The molecule has 21 heavy (non-hydrogen) atoms. The zero-order valence-corrected chi connectivity index (χ0v) is 13.3. The largest absolute Gasteiger partial charge is 0.490 e. The molecule has 0 saturated carbocycles. The summed E-state index contributed by atoms with van der Waals surface area (Å²) in [7, 11) is 0. The monoisotopic (exact) mass is 310 g/mol. The van der Waals surface area contributed by atoms with Crippen molar-refractivity contribution in [3.63, 3.8) is 0 Å². The highest BCUT2D eigenvalue weighted by atomic mass is 19.4. The Labute approximate surface area is 126 Å². The predicted molar refractivity (Wildman–Crippen MR) is 78.1 cm³/mol. The third-order valence-electron chi connectivity index (χ3n) is 3.59. The number of esters is 1. The Hall–Kier alpha value is -0.740. The van der Waals surface area contributed by atoms with E-state index in [9.17, 15) is 18.0 Å². The van der Waals surface area contributed by atoms with Gasteiger partial charge < -0.3 is 4.74 Å². The molecular weight excluding hydrogens is 281 g/mol. The maximum absolute atomic E-state index is 12.1. The zero-order valence-electron chi connectivity index (χ0n) is 13.3. The maximum atomic E-state index is 12.1. The second-order valence-electron chi connectivity index (χ2n) is 5.55. The number of halogens is 3. The standard InChI is InChI=1S/C16H29F3O2/c1-3-5-6-7-8-9-10-11-12-13-14(4-2)21-15(20)16(17,18)19/h14H,3-13H2,1-2H3. The molecule has 0 amide bonds. The van der Waals surface area contributed by atoms with Crippen LogP contribution in [0, 0.1) is 0 Å². The van der Waals surface area contributed by atoms with Crippen LogP contribution in [0.1, 0.15) is 84.5 Å². The van der Waals surface area contributed by atoms with Gasteiger partial charge in [-0.05, 0) is 19.3 Å². The van der Waals surface area contributed by atoms with Gasteiger partial charge in [0.05, 0.1) is 0 Å². The Bertz CT molecular complexity index is 265. The van der Waals surface area contributed by atoms with Gasteiger partial charge in [0.15, 0.2) is 0 Å². The molecule has 0 aliphatic rings. The summed E-state index contributed by atoms with van der Waals surface area (Å²) >= 11 is 0. The summed E-state index contributed by atoms with van der Waals surface area (Å²) in [4.78, 5) is 10.7. The van der Waals surface area contributed by atoms with Crippen molar-refractivity contribution < 1.29 is 22.7 Å². The second kappa shape index (κ2) is 11.9. The highest BCUT2D eigenvalue weighted by Crippen LogP contribution is 2.20. The summed E-state index contributed by atoms with van der Waals surface area (Å²) in [5.41, 5.74) is 0. The first-order valence-corrected chi connectivity index (χ1v) is 8.19. The molecule has 0 aliphatic carbocycles. The number of ether oxygens (including phenoxy) is 1. The van der Waals surface area contributed by atoms with E-state index in [4.69, 9.17) is 0 Å². The highest BCUT2D eigenvalue weighted by molar-refractivity contribution is 5.75. The molecule has 0 aliphatic heterocycles. The van der Waals surface area contributed by atoms with Crippen molar-refractivity contribution in [3.05, 3.63) is 0 Å². The maximum Gasteiger partial charge on any atom is 0.490 e. The molecule has 1 unspecified atom stereocenters. The van der Waals surface area contributed by atoms with Gasteiger partial charge >= 0.3 is 12.1 Å².